The molecule has 1 aromatic carbocycles. The Balaban J connectivity index is 1.56. The first-order chi connectivity index (χ1) is 15.1. The number of carbonyl (C=O) groups excluding carboxylic acids is 1. The average Bonchev–Trinajstić information content (AvgIpc) is 3.15. The maximum atomic E-state index is 14.3. The molecule has 0 saturated carbocycles. The molecule has 0 radical (unpaired) electrons. The van der Waals surface area contributed by atoms with Crippen LogP contribution in [-0.2, 0) is 24.4 Å². The summed E-state index contributed by atoms with van der Waals surface area (Å²) < 4.78 is 25.7. The highest BCUT2D eigenvalue weighted by molar-refractivity contribution is 5.93. The van der Waals surface area contributed by atoms with Crippen LogP contribution < -0.4 is 0 Å². The number of amides is 1. The van der Waals surface area contributed by atoms with E-state index in [1.54, 1.807) is 29.3 Å². The van der Waals surface area contributed by atoms with Crippen molar-refractivity contribution in [1.29, 1.82) is 0 Å². The Morgan fingerprint density at radius 1 is 1.13 bits per heavy atom. The molecule has 7 heteroatoms. The maximum absolute atomic E-state index is 14.3. The van der Waals surface area contributed by atoms with Crippen LogP contribution in [0.25, 0.3) is 0 Å². The molecule has 0 atom stereocenters. The lowest BCUT2D eigenvalue weighted by Gasteiger charge is -2.25. The minimum atomic E-state index is -0.342. The van der Waals surface area contributed by atoms with Crippen molar-refractivity contribution in [2.45, 2.75) is 26.6 Å². The van der Waals surface area contributed by atoms with E-state index in [9.17, 15) is 9.18 Å². The molecule has 0 aliphatic carbocycles. The van der Waals surface area contributed by atoms with Crippen LogP contribution in [0.15, 0.2) is 59.1 Å². The lowest BCUT2D eigenvalue weighted by molar-refractivity contribution is 0.0309. The molecule has 2 aromatic heterocycles. The molecule has 0 spiro atoms. The summed E-state index contributed by atoms with van der Waals surface area (Å²) in [6.07, 6.45) is 1.68. The van der Waals surface area contributed by atoms with Crippen LogP contribution in [0.1, 0.15) is 33.1 Å². The SMILES string of the molecule is Cc1cc(CN2CCOCC2)oc1C(=O)N(Cc1ccccn1)Cc1ccccc1F. The number of morpholine rings is 1. The van der Waals surface area contributed by atoms with Crippen LogP contribution in [0.5, 0.6) is 0 Å². The fourth-order valence-electron chi connectivity index (χ4n) is 3.68. The monoisotopic (exact) mass is 423 g/mol. The van der Waals surface area contributed by atoms with Gasteiger partial charge in [0.1, 0.15) is 11.6 Å². The number of aromatic nitrogens is 1. The number of hydrogen-bond acceptors (Lipinski definition) is 5. The predicted octanol–water partition coefficient (Wildman–Crippen LogP) is 3.80. The van der Waals surface area contributed by atoms with E-state index in [0.29, 0.717) is 25.3 Å². The molecule has 1 aliphatic heterocycles. The smallest absolute Gasteiger partial charge is 0.290 e. The average molecular weight is 423 g/mol. The number of pyridine rings is 1. The van der Waals surface area contributed by atoms with Crippen molar-refractivity contribution in [3.05, 3.63) is 88.9 Å². The highest BCUT2D eigenvalue weighted by Crippen LogP contribution is 2.22. The number of ether oxygens (including phenoxy) is 1. The van der Waals surface area contributed by atoms with Gasteiger partial charge in [0.25, 0.3) is 5.91 Å². The Labute approximate surface area is 181 Å². The second-order valence-electron chi connectivity index (χ2n) is 7.69. The quantitative estimate of drug-likeness (QED) is 0.579. The maximum Gasteiger partial charge on any atom is 0.290 e. The highest BCUT2D eigenvalue weighted by Gasteiger charge is 2.25. The Morgan fingerprint density at radius 3 is 2.65 bits per heavy atom. The first kappa shape index (κ1) is 21.2. The molecule has 0 unspecified atom stereocenters. The first-order valence-electron chi connectivity index (χ1n) is 10.4. The number of hydrogen-bond donors (Lipinski definition) is 0. The molecule has 6 nitrogen and oxygen atoms in total. The van der Waals surface area contributed by atoms with Gasteiger partial charge < -0.3 is 14.1 Å². The van der Waals surface area contributed by atoms with E-state index in [1.165, 1.54) is 6.07 Å². The Hall–Kier alpha value is -3.03. The zero-order valence-electron chi connectivity index (χ0n) is 17.6. The Kier molecular flexibility index (Phi) is 6.74. The van der Waals surface area contributed by atoms with Crippen molar-refractivity contribution in [2.75, 3.05) is 26.3 Å². The summed E-state index contributed by atoms with van der Waals surface area (Å²) in [6, 6.07) is 13.9. The number of carbonyl (C=O) groups is 1. The van der Waals surface area contributed by atoms with Crippen molar-refractivity contribution >= 4 is 5.91 Å². The number of nitrogens with zero attached hydrogens (tertiary/aromatic N) is 3. The lowest BCUT2D eigenvalue weighted by Crippen LogP contribution is -2.35. The van der Waals surface area contributed by atoms with E-state index in [-0.39, 0.29) is 30.6 Å². The molecule has 1 amide bonds. The number of aryl methyl sites for hydroxylation is 1. The van der Waals surface area contributed by atoms with E-state index in [4.69, 9.17) is 9.15 Å². The van der Waals surface area contributed by atoms with E-state index in [1.807, 2.05) is 31.2 Å². The Bertz CT molecular complexity index is 1020. The molecule has 0 N–H and O–H groups in total. The number of furan rings is 1. The molecule has 3 heterocycles. The van der Waals surface area contributed by atoms with Gasteiger partial charge in [0.05, 0.1) is 32.0 Å². The zero-order chi connectivity index (χ0) is 21.6. The van der Waals surface area contributed by atoms with Crippen molar-refractivity contribution in [3.63, 3.8) is 0 Å². The predicted molar refractivity (Wildman–Crippen MR) is 114 cm³/mol. The summed E-state index contributed by atoms with van der Waals surface area (Å²) in [6.45, 7) is 5.95. The van der Waals surface area contributed by atoms with E-state index >= 15 is 0 Å². The van der Waals surface area contributed by atoms with Crippen LogP contribution in [0, 0.1) is 12.7 Å². The van der Waals surface area contributed by atoms with Gasteiger partial charge in [-0.15, -0.1) is 0 Å². The fourth-order valence-corrected chi connectivity index (χ4v) is 3.68. The van der Waals surface area contributed by atoms with Gasteiger partial charge in [-0.1, -0.05) is 24.3 Å². The summed E-state index contributed by atoms with van der Waals surface area (Å²) in [5, 5.41) is 0. The Morgan fingerprint density at radius 2 is 1.90 bits per heavy atom. The standard InChI is InChI=1S/C24H26FN3O3/c1-18-14-21(17-27-10-12-30-13-11-27)31-23(18)24(29)28(16-20-7-4-5-9-26-20)15-19-6-2-3-8-22(19)25/h2-9,14H,10-13,15-17H2,1H3. The number of halogens is 1. The number of benzene rings is 1. The molecule has 31 heavy (non-hydrogen) atoms. The minimum absolute atomic E-state index is 0.126. The van der Waals surface area contributed by atoms with Crippen molar-refractivity contribution in [2.24, 2.45) is 0 Å². The minimum Gasteiger partial charge on any atom is -0.454 e. The van der Waals surface area contributed by atoms with E-state index in [0.717, 1.165) is 30.1 Å². The summed E-state index contributed by atoms with van der Waals surface area (Å²) in [5.41, 5.74) is 1.95. The fraction of sp³-hybridized carbons (Fsp3) is 0.333. The molecule has 1 saturated heterocycles. The van der Waals surface area contributed by atoms with Gasteiger partial charge in [-0.05, 0) is 31.2 Å². The van der Waals surface area contributed by atoms with Gasteiger partial charge in [-0.3, -0.25) is 14.7 Å². The number of rotatable bonds is 7. The molecular formula is C24H26FN3O3. The third-order valence-electron chi connectivity index (χ3n) is 5.33. The van der Waals surface area contributed by atoms with Crippen LogP contribution in [0.3, 0.4) is 0 Å². The van der Waals surface area contributed by atoms with Crippen molar-refractivity contribution in [3.8, 4) is 0 Å². The van der Waals surface area contributed by atoms with Gasteiger partial charge in [0.2, 0.25) is 0 Å². The van der Waals surface area contributed by atoms with Crippen molar-refractivity contribution < 1.29 is 18.3 Å². The molecule has 1 fully saturated rings. The van der Waals surface area contributed by atoms with Gasteiger partial charge in [0, 0.05) is 37.0 Å². The van der Waals surface area contributed by atoms with Crippen LogP contribution >= 0.6 is 0 Å². The summed E-state index contributed by atoms with van der Waals surface area (Å²) in [4.78, 5) is 21.6. The third kappa shape index (κ3) is 5.37. The van der Waals surface area contributed by atoms with E-state index < -0.39 is 0 Å². The summed E-state index contributed by atoms with van der Waals surface area (Å²) in [7, 11) is 0. The molecule has 4 rings (SSSR count). The topological polar surface area (TPSA) is 58.8 Å². The normalized spacial score (nSPS) is 14.5. The molecule has 162 valence electrons. The zero-order valence-corrected chi connectivity index (χ0v) is 17.6. The summed E-state index contributed by atoms with van der Waals surface area (Å²) in [5.74, 6) is 0.409. The summed E-state index contributed by atoms with van der Waals surface area (Å²) >= 11 is 0. The second kappa shape index (κ2) is 9.85. The van der Waals surface area contributed by atoms with Crippen LogP contribution in [0.2, 0.25) is 0 Å². The van der Waals surface area contributed by atoms with Gasteiger partial charge in [-0.25, -0.2) is 4.39 Å². The molecule has 1 aliphatic rings. The largest absolute Gasteiger partial charge is 0.454 e. The highest BCUT2D eigenvalue weighted by atomic mass is 19.1. The van der Waals surface area contributed by atoms with Gasteiger partial charge in [0.15, 0.2) is 5.76 Å². The van der Waals surface area contributed by atoms with Gasteiger partial charge >= 0.3 is 0 Å². The van der Waals surface area contributed by atoms with Crippen LogP contribution in [-0.4, -0.2) is 47.0 Å². The third-order valence-corrected chi connectivity index (χ3v) is 5.33. The molecular weight excluding hydrogens is 397 g/mol. The first-order valence-corrected chi connectivity index (χ1v) is 10.4. The van der Waals surface area contributed by atoms with Gasteiger partial charge in [-0.2, -0.15) is 0 Å². The molecule has 0 bridgehead atoms. The lowest BCUT2D eigenvalue weighted by atomic mass is 10.1. The molecule has 3 aromatic rings. The van der Waals surface area contributed by atoms with Crippen LogP contribution in [0.4, 0.5) is 4.39 Å². The van der Waals surface area contributed by atoms with E-state index in [2.05, 4.69) is 9.88 Å². The second-order valence-corrected chi connectivity index (χ2v) is 7.69. The van der Waals surface area contributed by atoms with Crippen molar-refractivity contribution in [1.82, 2.24) is 14.8 Å².